The number of aromatic nitrogens is 3. The Kier molecular flexibility index (Phi) is 8.85. The molecule has 0 unspecified atom stereocenters. The molecule has 0 atom stereocenters. The number of ether oxygens (including phenoxy) is 2. The number of rotatable bonds is 10. The molecule has 0 amide bonds. The van der Waals surface area contributed by atoms with Crippen molar-refractivity contribution in [1.29, 1.82) is 0 Å². The number of carbonyl (C=O) groups excluding carboxylic acids is 2. The number of aryl methyl sites for hydroxylation is 2. The van der Waals surface area contributed by atoms with E-state index in [0.29, 0.717) is 71.3 Å². The summed E-state index contributed by atoms with van der Waals surface area (Å²) in [7, 11) is 0. The minimum absolute atomic E-state index is 0.317. The molecule has 3 aromatic heterocycles. The van der Waals surface area contributed by atoms with Gasteiger partial charge in [0, 0.05) is 0 Å². The van der Waals surface area contributed by atoms with Crippen molar-refractivity contribution in [2.24, 2.45) is 0 Å². The first kappa shape index (κ1) is 25.0. The van der Waals surface area contributed by atoms with Crippen molar-refractivity contribution < 1.29 is 19.1 Å². The average Bonchev–Trinajstić information content (AvgIpc) is 2.85. The topological polar surface area (TPSA) is 91.3 Å². The number of pyridine rings is 3. The summed E-state index contributed by atoms with van der Waals surface area (Å²) in [6.45, 7) is 8.29. The van der Waals surface area contributed by atoms with Gasteiger partial charge in [-0.15, -0.1) is 0 Å². The molecule has 3 rings (SSSR count). The van der Waals surface area contributed by atoms with Crippen LogP contribution in [-0.2, 0) is 22.3 Å². The van der Waals surface area contributed by atoms with Crippen LogP contribution < -0.4 is 0 Å². The van der Waals surface area contributed by atoms with E-state index in [2.05, 4.69) is 0 Å². The summed E-state index contributed by atoms with van der Waals surface area (Å²) in [4.78, 5) is 38.9. The Morgan fingerprint density at radius 3 is 1.41 bits per heavy atom. The third-order valence-corrected chi connectivity index (χ3v) is 5.19. The van der Waals surface area contributed by atoms with Gasteiger partial charge in [0.15, 0.2) is 0 Å². The van der Waals surface area contributed by atoms with Crippen molar-refractivity contribution >= 4 is 11.9 Å². The van der Waals surface area contributed by atoms with Gasteiger partial charge in [-0.3, -0.25) is 9.97 Å². The Morgan fingerprint density at radius 1 is 0.618 bits per heavy atom. The van der Waals surface area contributed by atoms with Crippen LogP contribution in [0.1, 0.15) is 72.6 Å². The molecule has 34 heavy (non-hydrogen) atoms. The molecule has 0 N–H and O–H groups in total. The summed E-state index contributed by atoms with van der Waals surface area (Å²) in [5.74, 6) is -0.720. The van der Waals surface area contributed by atoms with E-state index in [1.165, 1.54) is 0 Å². The van der Waals surface area contributed by atoms with Crippen LogP contribution in [0.25, 0.3) is 22.8 Å². The van der Waals surface area contributed by atoms with E-state index >= 15 is 0 Å². The van der Waals surface area contributed by atoms with E-state index in [0.717, 1.165) is 12.8 Å². The largest absolute Gasteiger partial charge is 0.462 e. The van der Waals surface area contributed by atoms with Crippen LogP contribution in [0.4, 0.5) is 0 Å². The van der Waals surface area contributed by atoms with Gasteiger partial charge in [-0.05, 0) is 63.1 Å². The molecule has 0 bridgehead atoms. The summed E-state index contributed by atoms with van der Waals surface area (Å²) < 4.78 is 10.3. The van der Waals surface area contributed by atoms with E-state index in [1.54, 1.807) is 38.1 Å². The highest BCUT2D eigenvalue weighted by Crippen LogP contribution is 2.24. The summed E-state index contributed by atoms with van der Waals surface area (Å²) in [6, 6.07) is 12.8. The molecular weight excluding hydrogens is 430 g/mol. The molecule has 0 aliphatic carbocycles. The molecular formula is C27H31N3O4. The zero-order valence-corrected chi connectivity index (χ0v) is 20.3. The maximum absolute atomic E-state index is 12.3. The van der Waals surface area contributed by atoms with Gasteiger partial charge in [0.1, 0.15) is 0 Å². The van der Waals surface area contributed by atoms with E-state index < -0.39 is 0 Å². The first-order valence-electron chi connectivity index (χ1n) is 11.8. The molecule has 7 nitrogen and oxygen atoms in total. The Balaban J connectivity index is 1.99. The van der Waals surface area contributed by atoms with Crippen LogP contribution in [0, 0.1) is 0 Å². The van der Waals surface area contributed by atoms with Crippen LogP contribution >= 0.6 is 0 Å². The summed E-state index contributed by atoms with van der Waals surface area (Å²) >= 11 is 0. The van der Waals surface area contributed by atoms with Gasteiger partial charge in [-0.25, -0.2) is 14.6 Å². The summed E-state index contributed by atoms with van der Waals surface area (Å²) in [5, 5.41) is 0. The standard InChI is InChI=1S/C27H31N3O4/c1-5-10-20-18(26(31)33-7-3)14-16-24(28-20)22-12-9-13-23(30-22)25-17-15-19(27(32)34-8-4)21(29-25)11-6-2/h9,12-17H,5-8,10-11H2,1-4H3. The van der Waals surface area contributed by atoms with Crippen LogP contribution in [0.3, 0.4) is 0 Å². The molecule has 0 saturated carbocycles. The number of hydrogen-bond donors (Lipinski definition) is 0. The predicted molar refractivity (Wildman–Crippen MR) is 131 cm³/mol. The Hall–Kier alpha value is -3.61. The molecule has 0 aromatic carbocycles. The monoisotopic (exact) mass is 461 g/mol. The van der Waals surface area contributed by atoms with Gasteiger partial charge in [0.05, 0.1) is 58.5 Å². The molecule has 0 radical (unpaired) electrons. The SMILES string of the molecule is CCCc1nc(-c2cccc(-c3ccc(C(=O)OCC)c(CCC)n3)n2)ccc1C(=O)OCC. The lowest BCUT2D eigenvalue weighted by Gasteiger charge is -2.11. The maximum atomic E-state index is 12.3. The third-order valence-electron chi connectivity index (χ3n) is 5.19. The molecule has 0 fully saturated rings. The second-order valence-corrected chi connectivity index (χ2v) is 7.73. The van der Waals surface area contributed by atoms with E-state index in [-0.39, 0.29) is 11.9 Å². The van der Waals surface area contributed by atoms with Crippen molar-refractivity contribution in [3.8, 4) is 22.8 Å². The van der Waals surface area contributed by atoms with Gasteiger partial charge in [0.2, 0.25) is 0 Å². The lowest BCUT2D eigenvalue weighted by molar-refractivity contribution is 0.0514. The molecule has 7 heteroatoms. The van der Waals surface area contributed by atoms with Crippen LogP contribution in [-0.4, -0.2) is 40.1 Å². The first-order valence-corrected chi connectivity index (χ1v) is 11.8. The fourth-order valence-electron chi connectivity index (χ4n) is 3.65. The smallest absolute Gasteiger partial charge is 0.339 e. The predicted octanol–water partition coefficient (Wildman–Crippen LogP) is 5.46. The van der Waals surface area contributed by atoms with Gasteiger partial charge >= 0.3 is 11.9 Å². The molecule has 178 valence electrons. The van der Waals surface area contributed by atoms with Crippen molar-refractivity contribution in [2.75, 3.05) is 13.2 Å². The second-order valence-electron chi connectivity index (χ2n) is 7.73. The quantitative estimate of drug-likeness (QED) is 0.370. The summed E-state index contributed by atoms with van der Waals surface area (Å²) in [6.07, 6.45) is 3.04. The molecule has 0 aliphatic rings. The highest BCUT2D eigenvalue weighted by Gasteiger charge is 2.17. The zero-order valence-electron chi connectivity index (χ0n) is 20.3. The second kappa shape index (κ2) is 12.0. The molecule has 0 spiro atoms. The lowest BCUT2D eigenvalue weighted by atomic mass is 10.1. The Labute approximate surface area is 200 Å². The Bertz CT molecular complexity index is 1070. The third kappa shape index (κ3) is 5.84. The number of nitrogens with zero attached hydrogens (tertiary/aromatic N) is 3. The molecule has 3 heterocycles. The fraction of sp³-hybridized carbons (Fsp3) is 0.370. The zero-order chi connectivity index (χ0) is 24.5. The van der Waals surface area contributed by atoms with Crippen molar-refractivity contribution in [3.63, 3.8) is 0 Å². The summed E-state index contributed by atoms with van der Waals surface area (Å²) in [5.41, 5.74) is 5.09. The number of esters is 2. The average molecular weight is 462 g/mol. The van der Waals surface area contributed by atoms with E-state index in [9.17, 15) is 9.59 Å². The highest BCUT2D eigenvalue weighted by atomic mass is 16.5. The molecule has 3 aromatic rings. The van der Waals surface area contributed by atoms with Crippen molar-refractivity contribution in [2.45, 2.75) is 53.4 Å². The normalized spacial score (nSPS) is 10.7. The van der Waals surface area contributed by atoms with Gasteiger partial charge in [-0.1, -0.05) is 32.8 Å². The highest BCUT2D eigenvalue weighted by molar-refractivity contribution is 5.91. The van der Waals surface area contributed by atoms with E-state index in [1.807, 2.05) is 32.0 Å². The van der Waals surface area contributed by atoms with Crippen molar-refractivity contribution in [3.05, 3.63) is 65.0 Å². The minimum Gasteiger partial charge on any atom is -0.462 e. The Morgan fingerprint density at radius 2 is 1.03 bits per heavy atom. The number of hydrogen-bond acceptors (Lipinski definition) is 7. The van der Waals surface area contributed by atoms with Crippen LogP contribution in [0.2, 0.25) is 0 Å². The van der Waals surface area contributed by atoms with Gasteiger partial charge in [0.25, 0.3) is 0 Å². The van der Waals surface area contributed by atoms with E-state index in [4.69, 9.17) is 24.4 Å². The van der Waals surface area contributed by atoms with Crippen LogP contribution in [0.5, 0.6) is 0 Å². The minimum atomic E-state index is -0.360. The molecule has 0 saturated heterocycles. The van der Waals surface area contributed by atoms with Gasteiger partial charge < -0.3 is 9.47 Å². The fourth-order valence-corrected chi connectivity index (χ4v) is 3.65. The lowest BCUT2D eigenvalue weighted by Crippen LogP contribution is -2.11. The first-order chi connectivity index (χ1) is 16.5. The number of carbonyl (C=O) groups is 2. The maximum Gasteiger partial charge on any atom is 0.339 e. The van der Waals surface area contributed by atoms with Gasteiger partial charge in [-0.2, -0.15) is 0 Å². The van der Waals surface area contributed by atoms with Crippen LogP contribution in [0.15, 0.2) is 42.5 Å². The van der Waals surface area contributed by atoms with Crippen molar-refractivity contribution in [1.82, 2.24) is 15.0 Å². The molecule has 0 aliphatic heterocycles.